The van der Waals surface area contributed by atoms with Gasteiger partial charge < -0.3 is 4.42 Å². The van der Waals surface area contributed by atoms with E-state index < -0.39 is 0 Å². The van der Waals surface area contributed by atoms with E-state index in [1.165, 1.54) is 11.8 Å². The first-order valence-corrected chi connectivity index (χ1v) is 5.35. The quantitative estimate of drug-likeness (QED) is 0.544. The predicted octanol–water partition coefficient (Wildman–Crippen LogP) is 2.51. The first kappa shape index (κ1) is 8.56. The van der Waals surface area contributed by atoms with Crippen LogP contribution in [0.25, 0.3) is 11.1 Å². The van der Waals surface area contributed by atoms with E-state index in [9.17, 15) is 0 Å². The molecule has 0 bridgehead atoms. The van der Waals surface area contributed by atoms with Gasteiger partial charge in [-0.2, -0.15) is 4.98 Å². The topological polar surface area (TPSA) is 38.9 Å². The maximum absolute atomic E-state index is 5.50. The van der Waals surface area contributed by atoms with Gasteiger partial charge in [0.25, 0.3) is 0 Å². The van der Waals surface area contributed by atoms with E-state index in [1.54, 1.807) is 6.20 Å². The minimum Gasteiger partial charge on any atom is -0.443 e. The molecule has 2 rings (SSSR count). The highest BCUT2D eigenvalue weighted by atomic mass is 32.2. The Kier molecular flexibility index (Phi) is 2.22. The molecule has 0 atom stereocenters. The molecule has 2 aromatic heterocycles. The third kappa shape index (κ3) is 1.54. The molecule has 0 aromatic carbocycles. The monoisotopic (exact) mass is 194 g/mol. The molecule has 0 N–H and O–H groups in total. The Bertz CT molecular complexity index is 422. The van der Waals surface area contributed by atoms with Crippen LogP contribution < -0.4 is 0 Å². The van der Waals surface area contributed by atoms with Gasteiger partial charge in [-0.25, -0.2) is 4.98 Å². The van der Waals surface area contributed by atoms with Crippen molar-refractivity contribution in [2.75, 3.05) is 6.26 Å². The van der Waals surface area contributed by atoms with Crippen molar-refractivity contribution in [2.24, 2.45) is 0 Å². The first-order valence-electron chi connectivity index (χ1n) is 4.13. The molecule has 0 fully saturated rings. The van der Waals surface area contributed by atoms with E-state index in [0.29, 0.717) is 5.71 Å². The zero-order valence-corrected chi connectivity index (χ0v) is 8.39. The fraction of sp³-hybridized carbons (Fsp3) is 0.333. The van der Waals surface area contributed by atoms with Crippen molar-refractivity contribution in [3.8, 4) is 0 Å². The van der Waals surface area contributed by atoms with Gasteiger partial charge in [0.15, 0.2) is 5.16 Å². The molecule has 2 aromatic rings. The van der Waals surface area contributed by atoms with E-state index >= 15 is 0 Å². The Hall–Kier alpha value is -1.03. The summed E-state index contributed by atoms with van der Waals surface area (Å²) in [4.78, 5) is 8.41. The smallest absolute Gasteiger partial charge is 0.230 e. The number of aryl methyl sites for hydroxylation is 1. The van der Waals surface area contributed by atoms with Crippen molar-refractivity contribution in [2.45, 2.75) is 18.5 Å². The average Bonchev–Trinajstić information content (AvgIpc) is 2.58. The minimum atomic E-state index is 0.691. The van der Waals surface area contributed by atoms with Gasteiger partial charge in [-0.1, -0.05) is 18.7 Å². The van der Waals surface area contributed by atoms with Crippen LogP contribution in [-0.4, -0.2) is 16.2 Å². The summed E-state index contributed by atoms with van der Waals surface area (Å²) in [6, 6.07) is 1.99. The fourth-order valence-electron chi connectivity index (χ4n) is 1.14. The average molecular weight is 194 g/mol. The lowest BCUT2D eigenvalue weighted by atomic mass is 10.3. The second-order valence-electron chi connectivity index (χ2n) is 2.68. The Morgan fingerprint density at radius 1 is 1.54 bits per heavy atom. The van der Waals surface area contributed by atoms with Crippen molar-refractivity contribution in [3.05, 3.63) is 18.0 Å². The molecule has 0 spiro atoms. The van der Waals surface area contributed by atoms with Gasteiger partial charge in [0.05, 0.1) is 5.39 Å². The third-order valence-corrected chi connectivity index (χ3v) is 2.40. The summed E-state index contributed by atoms with van der Waals surface area (Å²) in [5.74, 6) is 0.961. The van der Waals surface area contributed by atoms with Crippen LogP contribution in [0.3, 0.4) is 0 Å². The molecule has 0 radical (unpaired) electrons. The van der Waals surface area contributed by atoms with Gasteiger partial charge in [-0.15, -0.1) is 0 Å². The predicted molar refractivity (Wildman–Crippen MR) is 53.0 cm³/mol. The maximum Gasteiger partial charge on any atom is 0.230 e. The summed E-state index contributed by atoms with van der Waals surface area (Å²) >= 11 is 1.52. The van der Waals surface area contributed by atoms with E-state index in [2.05, 4.69) is 16.9 Å². The summed E-state index contributed by atoms with van der Waals surface area (Å²) in [6.07, 6.45) is 4.65. The molecule has 4 heteroatoms. The van der Waals surface area contributed by atoms with Crippen molar-refractivity contribution >= 4 is 22.9 Å². The van der Waals surface area contributed by atoms with Gasteiger partial charge in [0, 0.05) is 12.6 Å². The zero-order chi connectivity index (χ0) is 9.26. The number of rotatable bonds is 2. The summed E-state index contributed by atoms with van der Waals surface area (Å²) in [5.41, 5.74) is 0.691. The molecule has 2 heterocycles. The minimum absolute atomic E-state index is 0.691. The molecule has 0 amide bonds. The standard InChI is InChI=1S/C9H10N2OS/c1-3-7-4-6-5-10-9(13-2)11-8(6)12-7/h4-5H,3H2,1-2H3. The van der Waals surface area contributed by atoms with Gasteiger partial charge in [0.1, 0.15) is 5.76 Å². The van der Waals surface area contributed by atoms with Gasteiger partial charge in [-0.3, -0.25) is 0 Å². The lowest BCUT2D eigenvalue weighted by molar-refractivity contribution is 0.543. The second kappa shape index (κ2) is 3.38. The maximum atomic E-state index is 5.50. The third-order valence-electron chi connectivity index (χ3n) is 1.83. The highest BCUT2D eigenvalue weighted by Gasteiger charge is 2.04. The van der Waals surface area contributed by atoms with Crippen molar-refractivity contribution in [1.29, 1.82) is 0 Å². The molecule has 0 saturated carbocycles. The lowest BCUT2D eigenvalue weighted by Gasteiger charge is -1.91. The van der Waals surface area contributed by atoms with E-state index in [0.717, 1.165) is 22.7 Å². The highest BCUT2D eigenvalue weighted by Crippen LogP contribution is 2.19. The largest absolute Gasteiger partial charge is 0.443 e. The summed E-state index contributed by atoms with van der Waals surface area (Å²) in [6.45, 7) is 2.06. The number of furan rings is 1. The van der Waals surface area contributed by atoms with Gasteiger partial charge in [0.2, 0.25) is 5.71 Å². The number of fused-ring (bicyclic) bond motifs is 1. The van der Waals surface area contributed by atoms with Crippen molar-refractivity contribution in [3.63, 3.8) is 0 Å². The van der Waals surface area contributed by atoms with Crippen molar-refractivity contribution in [1.82, 2.24) is 9.97 Å². The Morgan fingerprint density at radius 3 is 3.08 bits per heavy atom. The highest BCUT2D eigenvalue weighted by molar-refractivity contribution is 7.98. The normalized spacial score (nSPS) is 10.9. The molecule has 0 saturated heterocycles. The SMILES string of the molecule is CCc1cc2cnc(SC)nc2o1. The summed E-state index contributed by atoms with van der Waals surface area (Å²) in [7, 11) is 0. The molecule has 0 aliphatic carbocycles. The molecule has 0 aliphatic heterocycles. The number of nitrogens with zero attached hydrogens (tertiary/aromatic N) is 2. The molecule has 68 valence electrons. The number of thioether (sulfide) groups is 1. The number of hydrogen-bond acceptors (Lipinski definition) is 4. The molecule has 0 unspecified atom stereocenters. The van der Waals surface area contributed by atoms with E-state index in [4.69, 9.17) is 4.42 Å². The summed E-state index contributed by atoms with van der Waals surface area (Å²) in [5, 5.41) is 1.74. The molecule has 3 nitrogen and oxygen atoms in total. The van der Waals surface area contributed by atoms with Crippen LogP contribution in [-0.2, 0) is 6.42 Å². The number of hydrogen-bond donors (Lipinski definition) is 0. The van der Waals surface area contributed by atoms with E-state index in [1.807, 2.05) is 12.3 Å². The van der Waals surface area contributed by atoms with Crippen LogP contribution in [0.4, 0.5) is 0 Å². The molecule has 0 aliphatic rings. The summed E-state index contributed by atoms with van der Waals surface area (Å²) < 4.78 is 5.50. The van der Waals surface area contributed by atoms with Crippen LogP contribution >= 0.6 is 11.8 Å². The Labute approximate surface area is 80.6 Å². The molecule has 13 heavy (non-hydrogen) atoms. The van der Waals surface area contributed by atoms with Crippen LogP contribution in [0, 0.1) is 0 Å². The molecular formula is C9H10N2OS. The zero-order valence-electron chi connectivity index (χ0n) is 7.57. The van der Waals surface area contributed by atoms with E-state index in [-0.39, 0.29) is 0 Å². The first-order chi connectivity index (χ1) is 6.33. The van der Waals surface area contributed by atoms with Gasteiger partial charge in [-0.05, 0) is 12.3 Å². The Balaban J connectivity index is 2.57. The van der Waals surface area contributed by atoms with Crippen LogP contribution in [0.2, 0.25) is 0 Å². The fourth-order valence-corrected chi connectivity index (χ4v) is 1.47. The van der Waals surface area contributed by atoms with Crippen molar-refractivity contribution < 1.29 is 4.42 Å². The second-order valence-corrected chi connectivity index (χ2v) is 3.46. The van der Waals surface area contributed by atoms with Crippen LogP contribution in [0.5, 0.6) is 0 Å². The van der Waals surface area contributed by atoms with Crippen LogP contribution in [0.15, 0.2) is 21.8 Å². The lowest BCUT2D eigenvalue weighted by Crippen LogP contribution is -1.82. The van der Waals surface area contributed by atoms with Crippen LogP contribution in [0.1, 0.15) is 12.7 Å². The number of aromatic nitrogens is 2. The Morgan fingerprint density at radius 2 is 2.38 bits per heavy atom. The van der Waals surface area contributed by atoms with Gasteiger partial charge >= 0.3 is 0 Å². The molecular weight excluding hydrogens is 184 g/mol.